The van der Waals surface area contributed by atoms with E-state index in [0.29, 0.717) is 24.3 Å². The zero-order chi connectivity index (χ0) is 20.7. The largest absolute Gasteiger partial charge is 0.447 e. The number of carbonyl (C=O) groups is 1. The molecule has 0 saturated carbocycles. The topological polar surface area (TPSA) is 65.2 Å². The van der Waals surface area contributed by atoms with Crippen molar-refractivity contribution in [2.45, 2.75) is 41.4 Å². The third-order valence-electron chi connectivity index (χ3n) is 4.48. The monoisotopic (exact) mass is 446 g/mol. The van der Waals surface area contributed by atoms with Crippen LogP contribution in [0.5, 0.6) is 0 Å². The maximum Gasteiger partial charge on any atom is 0.307 e. The van der Waals surface area contributed by atoms with Gasteiger partial charge in [0.1, 0.15) is 0 Å². The number of hydrogen-bond donors (Lipinski definition) is 1. The number of aromatic nitrogens is 1. The molecule has 0 aliphatic heterocycles. The summed E-state index contributed by atoms with van der Waals surface area (Å²) in [5.41, 5.74) is 8.35. The Morgan fingerprint density at radius 2 is 2.10 bits per heavy atom. The highest BCUT2D eigenvalue weighted by Crippen LogP contribution is 2.46. The van der Waals surface area contributed by atoms with Gasteiger partial charge in [0.2, 0.25) is 0 Å². The Hall–Kier alpha value is -1.86. The van der Waals surface area contributed by atoms with Gasteiger partial charge in [-0.25, -0.2) is 0 Å². The fourth-order valence-electron chi connectivity index (χ4n) is 3.01. The van der Waals surface area contributed by atoms with Gasteiger partial charge in [-0.1, -0.05) is 48.0 Å². The second kappa shape index (κ2) is 10.3. The molecule has 2 heterocycles. The van der Waals surface area contributed by atoms with E-state index in [1.165, 1.54) is 0 Å². The van der Waals surface area contributed by atoms with Gasteiger partial charge in [0.05, 0.1) is 9.23 Å². The van der Waals surface area contributed by atoms with Crippen molar-refractivity contribution in [3.63, 3.8) is 0 Å². The normalized spacial score (nSPS) is 14.2. The van der Waals surface area contributed by atoms with Crippen molar-refractivity contribution in [2.24, 2.45) is 5.73 Å². The van der Waals surface area contributed by atoms with E-state index in [4.69, 9.17) is 22.1 Å². The van der Waals surface area contributed by atoms with Crippen molar-refractivity contribution in [2.75, 3.05) is 0 Å². The van der Waals surface area contributed by atoms with Gasteiger partial charge < -0.3 is 4.74 Å². The van der Waals surface area contributed by atoms with Gasteiger partial charge in [0.25, 0.3) is 0 Å². The van der Waals surface area contributed by atoms with Crippen LogP contribution >= 0.6 is 34.7 Å². The molecule has 2 unspecified atom stereocenters. The molecule has 0 radical (unpaired) electrons. The van der Waals surface area contributed by atoms with Crippen molar-refractivity contribution in [3.8, 4) is 0 Å². The number of nitrogens with two attached hydrogens (primary N) is 1. The Bertz CT molecular complexity index is 921. The molecule has 4 nitrogen and oxygen atoms in total. The number of thiophene rings is 1. The maximum absolute atomic E-state index is 12.3. The van der Waals surface area contributed by atoms with Crippen LogP contribution in [0.25, 0.3) is 0 Å². The van der Waals surface area contributed by atoms with Crippen molar-refractivity contribution >= 4 is 40.7 Å². The molecule has 2 atom stereocenters. The predicted octanol–water partition coefficient (Wildman–Crippen LogP) is 5.65. The molecule has 0 aliphatic carbocycles. The van der Waals surface area contributed by atoms with Gasteiger partial charge in [-0.3, -0.25) is 15.5 Å². The summed E-state index contributed by atoms with van der Waals surface area (Å²) in [6.07, 6.45) is 4.23. The van der Waals surface area contributed by atoms with Crippen LogP contribution in [0.15, 0.2) is 70.5 Å². The molecule has 0 fully saturated rings. The molecule has 0 spiro atoms. The number of thioether (sulfide) groups is 1. The van der Waals surface area contributed by atoms with E-state index in [2.05, 4.69) is 11.9 Å². The van der Waals surface area contributed by atoms with Crippen LogP contribution in [0.1, 0.15) is 30.9 Å². The Labute approximate surface area is 184 Å². The van der Waals surface area contributed by atoms with Crippen molar-refractivity contribution in [1.82, 2.24) is 4.98 Å². The first-order valence-corrected chi connectivity index (χ1v) is 11.3. The highest BCUT2D eigenvalue weighted by molar-refractivity contribution is 8.02. The Morgan fingerprint density at radius 1 is 1.31 bits per heavy atom. The molecule has 0 aliphatic rings. The SMILES string of the molecule is CC(CC(N)OC(=O)CCc1ccccc1)(Sc1cc(Cl)cs1)c1cccnc1. The quantitative estimate of drug-likeness (QED) is 0.261. The van der Waals surface area contributed by atoms with Gasteiger partial charge in [-0.15, -0.1) is 23.1 Å². The molecular formula is C22H23ClN2O2S2. The smallest absolute Gasteiger partial charge is 0.307 e. The summed E-state index contributed by atoms with van der Waals surface area (Å²) in [5, 5.41) is 2.61. The minimum Gasteiger partial charge on any atom is -0.447 e. The summed E-state index contributed by atoms with van der Waals surface area (Å²) in [6.45, 7) is 2.08. The number of ether oxygens (including phenoxy) is 1. The number of benzene rings is 1. The lowest BCUT2D eigenvalue weighted by Crippen LogP contribution is -2.34. The van der Waals surface area contributed by atoms with Crippen LogP contribution in [0.4, 0.5) is 0 Å². The lowest BCUT2D eigenvalue weighted by molar-refractivity contribution is -0.149. The van der Waals surface area contributed by atoms with Crippen LogP contribution in [0.3, 0.4) is 0 Å². The van der Waals surface area contributed by atoms with E-state index >= 15 is 0 Å². The summed E-state index contributed by atoms with van der Waals surface area (Å²) in [4.78, 5) is 16.5. The molecule has 1 aromatic carbocycles. The van der Waals surface area contributed by atoms with Crippen molar-refractivity contribution in [1.29, 1.82) is 0 Å². The molecule has 3 rings (SSSR count). The van der Waals surface area contributed by atoms with E-state index in [0.717, 1.165) is 15.3 Å². The second-order valence-corrected chi connectivity index (χ2v) is 10.0. The number of aryl methyl sites for hydroxylation is 1. The third-order valence-corrected chi connectivity index (χ3v) is 7.26. The number of hydrogen-bond acceptors (Lipinski definition) is 6. The molecule has 0 bridgehead atoms. The first kappa shape index (κ1) is 21.8. The van der Waals surface area contributed by atoms with Crippen LogP contribution < -0.4 is 5.73 Å². The van der Waals surface area contributed by atoms with Gasteiger partial charge >= 0.3 is 5.97 Å². The maximum atomic E-state index is 12.3. The Balaban J connectivity index is 1.64. The minimum absolute atomic E-state index is 0.293. The fourth-order valence-corrected chi connectivity index (χ4v) is 5.88. The average molecular weight is 447 g/mol. The number of pyridine rings is 1. The third kappa shape index (κ3) is 6.57. The standard InChI is InChI=1S/C22H23ClN2O2S2/c1-22(17-8-5-11-25-14-17,29-21-12-18(23)15-28-21)13-19(24)27-20(26)10-9-16-6-3-2-4-7-16/h2-8,11-12,14-15,19H,9-10,13,24H2,1H3. The molecule has 152 valence electrons. The number of nitrogens with zero attached hydrogens (tertiary/aromatic N) is 1. The zero-order valence-electron chi connectivity index (χ0n) is 16.1. The van der Waals surface area contributed by atoms with E-state index in [9.17, 15) is 4.79 Å². The van der Waals surface area contributed by atoms with Crippen LogP contribution in [-0.2, 0) is 20.7 Å². The molecule has 2 N–H and O–H groups in total. The van der Waals surface area contributed by atoms with Gasteiger partial charge in [-0.05, 0) is 36.6 Å². The number of carbonyl (C=O) groups excluding carboxylic acids is 1. The van der Waals surface area contributed by atoms with Crippen molar-refractivity contribution in [3.05, 3.63) is 82.5 Å². The highest BCUT2D eigenvalue weighted by Gasteiger charge is 2.32. The first-order chi connectivity index (χ1) is 13.9. The highest BCUT2D eigenvalue weighted by atomic mass is 35.5. The number of rotatable bonds is 9. The van der Waals surface area contributed by atoms with Crippen LogP contribution in [0, 0.1) is 0 Å². The van der Waals surface area contributed by atoms with E-state index in [-0.39, 0.29) is 5.97 Å². The Morgan fingerprint density at radius 3 is 2.76 bits per heavy atom. The molecule has 7 heteroatoms. The Kier molecular flexibility index (Phi) is 7.72. The average Bonchev–Trinajstić information content (AvgIpc) is 3.12. The molecule has 29 heavy (non-hydrogen) atoms. The minimum atomic E-state index is -0.716. The second-order valence-electron chi connectivity index (χ2n) is 6.88. The lowest BCUT2D eigenvalue weighted by atomic mass is 9.97. The number of halogens is 1. The van der Waals surface area contributed by atoms with Gasteiger partial charge in [0, 0.05) is 35.4 Å². The molecular weight excluding hydrogens is 424 g/mol. The molecule has 3 aromatic rings. The summed E-state index contributed by atoms with van der Waals surface area (Å²) in [6, 6.07) is 15.7. The predicted molar refractivity (Wildman–Crippen MR) is 120 cm³/mol. The van der Waals surface area contributed by atoms with E-state index in [1.54, 1.807) is 29.3 Å². The van der Waals surface area contributed by atoms with E-state index < -0.39 is 11.0 Å². The summed E-state index contributed by atoms with van der Waals surface area (Å²) >= 11 is 9.32. The lowest BCUT2D eigenvalue weighted by Gasteiger charge is -2.31. The first-order valence-electron chi connectivity index (χ1n) is 9.27. The van der Waals surface area contributed by atoms with E-state index in [1.807, 2.05) is 60.1 Å². The summed E-state index contributed by atoms with van der Waals surface area (Å²) < 4.78 is 6.17. The summed E-state index contributed by atoms with van der Waals surface area (Å²) in [5.74, 6) is -0.293. The fraction of sp³-hybridized carbons (Fsp3) is 0.273. The number of esters is 1. The summed E-state index contributed by atoms with van der Waals surface area (Å²) in [7, 11) is 0. The molecule has 2 aromatic heterocycles. The molecule has 0 amide bonds. The van der Waals surface area contributed by atoms with Gasteiger partial charge in [0.15, 0.2) is 6.23 Å². The van der Waals surface area contributed by atoms with Crippen LogP contribution in [-0.4, -0.2) is 17.2 Å². The van der Waals surface area contributed by atoms with Gasteiger partial charge in [-0.2, -0.15) is 0 Å². The van der Waals surface area contributed by atoms with Crippen molar-refractivity contribution < 1.29 is 9.53 Å². The van der Waals surface area contributed by atoms with Crippen LogP contribution in [0.2, 0.25) is 5.02 Å². The molecule has 0 saturated heterocycles. The zero-order valence-corrected chi connectivity index (χ0v) is 18.5.